The van der Waals surface area contributed by atoms with Crippen molar-refractivity contribution in [3.8, 4) is 0 Å². The van der Waals surface area contributed by atoms with Crippen molar-refractivity contribution in [2.24, 2.45) is 0 Å². The molecule has 132 valence electrons. The van der Waals surface area contributed by atoms with Gasteiger partial charge in [0.25, 0.3) is 5.91 Å². The molecule has 0 unspecified atom stereocenters. The first-order valence-electron chi connectivity index (χ1n) is 8.85. The SMILES string of the molecule is CNC(=O)[C@H]1CN(C(=O)c2n[nH]c3c2CCCC3)CCN1C(C)C. The van der Waals surface area contributed by atoms with E-state index in [0.717, 1.165) is 36.9 Å². The summed E-state index contributed by atoms with van der Waals surface area (Å²) >= 11 is 0. The molecule has 7 nitrogen and oxygen atoms in total. The Morgan fingerprint density at radius 2 is 2.00 bits per heavy atom. The Labute approximate surface area is 142 Å². The van der Waals surface area contributed by atoms with Gasteiger partial charge in [0.2, 0.25) is 5.91 Å². The van der Waals surface area contributed by atoms with Crippen LogP contribution in [0.3, 0.4) is 0 Å². The van der Waals surface area contributed by atoms with Gasteiger partial charge in [0.05, 0.1) is 0 Å². The van der Waals surface area contributed by atoms with E-state index in [-0.39, 0.29) is 23.9 Å². The van der Waals surface area contributed by atoms with Gasteiger partial charge in [-0.2, -0.15) is 5.10 Å². The molecule has 7 heteroatoms. The van der Waals surface area contributed by atoms with E-state index in [1.165, 1.54) is 0 Å². The highest BCUT2D eigenvalue weighted by atomic mass is 16.2. The molecule has 0 radical (unpaired) electrons. The van der Waals surface area contributed by atoms with Gasteiger partial charge in [-0.15, -0.1) is 0 Å². The van der Waals surface area contributed by atoms with Crippen molar-refractivity contribution in [1.82, 2.24) is 25.3 Å². The molecule has 1 aliphatic carbocycles. The van der Waals surface area contributed by atoms with Gasteiger partial charge in [0, 0.05) is 44.0 Å². The quantitative estimate of drug-likeness (QED) is 0.847. The van der Waals surface area contributed by atoms with E-state index < -0.39 is 0 Å². The van der Waals surface area contributed by atoms with Crippen molar-refractivity contribution in [2.75, 3.05) is 26.7 Å². The second kappa shape index (κ2) is 6.93. The lowest BCUT2D eigenvalue weighted by molar-refractivity contribution is -0.128. The second-order valence-electron chi connectivity index (χ2n) is 6.95. The van der Waals surface area contributed by atoms with E-state index in [1.54, 1.807) is 11.9 Å². The van der Waals surface area contributed by atoms with Crippen molar-refractivity contribution < 1.29 is 9.59 Å². The number of carbonyl (C=O) groups excluding carboxylic acids is 2. The lowest BCUT2D eigenvalue weighted by atomic mass is 9.95. The second-order valence-corrected chi connectivity index (χ2v) is 6.95. The summed E-state index contributed by atoms with van der Waals surface area (Å²) in [7, 11) is 1.64. The highest BCUT2D eigenvalue weighted by molar-refractivity contribution is 5.95. The van der Waals surface area contributed by atoms with E-state index in [0.29, 0.717) is 25.3 Å². The molecule has 0 aromatic carbocycles. The average molecular weight is 333 g/mol. The van der Waals surface area contributed by atoms with E-state index in [4.69, 9.17) is 0 Å². The number of fused-ring (bicyclic) bond motifs is 1. The summed E-state index contributed by atoms with van der Waals surface area (Å²) in [6.07, 6.45) is 4.14. The Hall–Kier alpha value is -1.89. The number of aryl methyl sites for hydroxylation is 1. The largest absolute Gasteiger partial charge is 0.358 e. The summed E-state index contributed by atoms with van der Waals surface area (Å²) in [6, 6.07) is -0.0369. The number of amides is 2. The first-order chi connectivity index (χ1) is 11.5. The third kappa shape index (κ3) is 3.05. The summed E-state index contributed by atoms with van der Waals surface area (Å²) in [4.78, 5) is 29.2. The lowest BCUT2D eigenvalue weighted by Crippen LogP contribution is -2.61. The Balaban J connectivity index is 1.78. The fraction of sp³-hybridized carbons (Fsp3) is 0.706. The Morgan fingerprint density at radius 1 is 1.25 bits per heavy atom. The molecule has 2 amide bonds. The fourth-order valence-corrected chi connectivity index (χ4v) is 3.81. The number of piperazine rings is 1. The summed E-state index contributed by atoms with van der Waals surface area (Å²) in [5.74, 6) is -0.0861. The molecule has 2 aliphatic rings. The number of carbonyl (C=O) groups is 2. The van der Waals surface area contributed by atoms with Gasteiger partial charge < -0.3 is 10.2 Å². The van der Waals surface area contributed by atoms with Crippen molar-refractivity contribution in [2.45, 2.75) is 51.6 Å². The molecule has 0 bridgehead atoms. The lowest BCUT2D eigenvalue weighted by Gasteiger charge is -2.42. The van der Waals surface area contributed by atoms with Crippen LogP contribution in [0, 0.1) is 0 Å². The number of nitrogens with one attached hydrogen (secondary N) is 2. The number of H-pyrrole nitrogens is 1. The molecule has 1 atom stereocenters. The predicted molar refractivity (Wildman–Crippen MR) is 90.8 cm³/mol. The zero-order valence-electron chi connectivity index (χ0n) is 14.8. The smallest absolute Gasteiger partial charge is 0.274 e. The van der Waals surface area contributed by atoms with E-state index in [9.17, 15) is 9.59 Å². The molecule has 1 aromatic rings. The molecular formula is C17H27N5O2. The number of likely N-dealkylation sites (N-methyl/N-ethyl adjacent to an activating group) is 1. The van der Waals surface area contributed by atoms with Gasteiger partial charge in [0.15, 0.2) is 5.69 Å². The van der Waals surface area contributed by atoms with Crippen LogP contribution in [0.1, 0.15) is 48.4 Å². The third-order valence-corrected chi connectivity index (χ3v) is 5.18. The summed E-state index contributed by atoms with van der Waals surface area (Å²) in [5.41, 5.74) is 2.74. The minimum absolute atomic E-state index is 0.0368. The molecule has 1 fully saturated rings. The predicted octanol–water partition coefficient (Wildman–Crippen LogP) is 0.569. The summed E-state index contributed by atoms with van der Waals surface area (Å²) in [5, 5.41) is 10.0. The fourth-order valence-electron chi connectivity index (χ4n) is 3.81. The standard InChI is InChI=1S/C17H27N5O2/c1-11(2)22-9-8-21(10-14(22)16(23)18-3)17(24)15-12-6-4-5-7-13(12)19-20-15/h11,14H,4-10H2,1-3H3,(H,18,23)(H,19,20)/t14-/m1/s1. The zero-order valence-corrected chi connectivity index (χ0v) is 14.8. The van der Waals surface area contributed by atoms with Crippen LogP contribution < -0.4 is 5.32 Å². The van der Waals surface area contributed by atoms with Gasteiger partial charge in [-0.1, -0.05) is 0 Å². The first kappa shape index (κ1) is 17.0. The van der Waals surface area contributed by atoms with Gasteiger partial charge in [-0.25, -0.2) is 0 Å². The van der Waals surface area contributed by atoms with Crippen LogP contribution >= 0.6 is 0 Å². The molecule has 0 spiro atoms. The maximum Gasteiger partial charge on any atom is 0.274 e. The van der Waals surface area contributed by atoms with Crippen molar-refractivity contribution in [3.05, 3.63) is 17.0 Å². The molecule has 2 N–H and O–H groups in total. The van der Waals surface area contributed by atoms with Crippen LogP contribution in [0.2, 0.25) is 0 Å². The zero-order chi connectivity index (χ0) is 17.3. The Bertz CT molecular complexity index is 624. The van der Waals surface area contributed by atoms with Gasteiger partial charge >= 0.3 is 0 Å². The Kier molecular flexibility index (Phi) is 4.89. The molecule has 0 saturated carbocycles. The molecule has 1 aromatic heterocycles. The van der Waals surface area contributed by atoms with E-state index >= 15 is 0 Å². The topological polar surface area (TPSA) is 81.3 Å². The van der Waals surface area contributed by atoms with Crippen LogP contribution in [-0.4, -0.2) is 70.6 Å². The van der Waals surface area contributed by atoms with Crippen LogP contribution in [0.5, 0.6) is 0 Å². The van der Waals surface area contributed by atoms with Crippen LogP contribution in [0.25, 0.3) is 0 Å². The monoisotopic (exact) mass is 333 g/mol. The molecule has 3 rings (SSSR count). The van der Waals surface area contributed by atoms with Crippen LogP contribution in [-0.2, 0) is 17.6 Å². The first-order valence-corrected chi connectivity index (χ1v) is 8.85. The number of aromatic nitrogens is 2. The number of nitrogens with zero attached hydrogens (tertiary/aromatic N) is 3. The van der Waals surface area contributed by atoms with Crippen LogP contribution in [0.4, 0.5) is 0 Å². The number of rotatable bonds is 3. The molecule has 24 heavy (non-hydrogen) atoms. The van der Waals surface area contributed by atoms with Gasteiger partial charge in [-0.3, -0.25) is 19.6 Å². The third-order valence-electron chi connectivity index (χ3n) is 5.18. The summed E-state index contributed by atoms with van der Waals surface area (Å²) < 4.78 is 0. The van der Waals surface area contributed by atoms with E-state index in [1.807, 2.05) is 0 Å². The highest BCUT2D eigenvalue weighted by Crippen LogP contribution is 2.24. The number of hydrogen-bond donors (Lipinski definition) is 2. The van der Waals surface area contributed by atoms with Crippen molar-refractivity contribution in [1.29, 1.82) is 0 Å². The minimum Gasteiger partial charge on any atom is -0.358 e. The maximum absolute atomic E-state index is 13.0. The molecule has 1 saturated heterocycles. The van der Waals surface area contributed by atoms with Crippen molar-refractivity contribution in [3.63, 3.8) is 0 Å². The number of aromatic amines is 1. The number of hydrogen-bond acceptors (Lipinski definition) is 4. The molecule has 2 heterocycles. The van der Waals surface area contributed by atoms with Gasteiger partial charge in [-0.05, 0) is 39.5 Å². The average Bonchev–Trinajstić information content (AvgIpc) is 3.03. The summed E-state index contributed by atoms with van der Waals surface area (Å²) in [6.45, 7) is 5.91. The van der Waals surface area contributed by atoms with Crippen molar-refractivity contribution >= 4 is 11.8 Å². The van der Waals surface area contributed by atoms with E-state index in [2.05, 4.69) is 34.3 Å². The normalized spacial score (nSPS) is 21.7. The van der Waals surface area contributed by atoms with Crippen LogP contribution in [0.15, 0.2) is 0 Å². The Morgan fingerprint density at radius 3 is 2.71 bits per heavy atom. The van der Waals surface area contributed by atoms with Gasteiger partial charge in [0.1, 0.15) is 6.04 Å². The highest BCUT2D eigenvalue weighted by Gasteiger charge is 2.36. The maximum atomic E-state index is 13.0. The minimum atomic E-state index is -0.303. The molecule has 1 aliphatic heterocycles. The molecular weight excluding hydrogens is 306 g/mol.